The van der Waals surface area contributed by atoms with Gasteiger partial charge in [-0.25, -0.2) is 14.5 Å². The summed E-state index contributed by atoms with van der Waals surface area (Å²) in [4.78, 5) is 9.85. The van der Waals surface area contributed by atoms with Gasteiger partial charge >= 0.3 is 0 Å². The fourth-order valence-electron chi connectivity index (χ4n) is 0.630. The molecule has 1 rings (SSSR count). The molecular formula is C6H5FN2O2. The van der Waals surface area contributed by atoms with Gasteiger partial charge in [-0.3, -0.25) is 0 Å². The Morgan fingerprint density at radius 1 is 1.36 bits per heavy atom. The van der Waals surface area contributed by atoms with E-state index in [0.29, 0.717) is 0 Å². The first kappa shape index (κ1) is 7.46. The highest BCUT2D eigenvalue weighted by Gasteiger charge is 1.97. The average molecular weight is 156 g/mol. The second kappa shape index (κ2) is 2.96. The predicted molar refractivity (Wildman–Crippen MR) is 37.0 cm³/mol. The zero-order valence-electron chi connectivity index (χ0n) is 5.45. The topological polar surface area (TPSA) is 55.2 Å². The minimum Gasteiger partial charge on any atom is -0.235 e. The molecule has 0 aromatic heterocycles. The van der Waals surface area contributed by atoms with Crippen molar-refractivity contribution in [2.45, 2.75) is 0 Å². The van der Waals surface area contributed by atoms with Crippen LogP contribution in [0, 0.1) is 15.9 Å². The van der Waals surface area contributed by atoms with E-state index in [1.807, 2.05) is 5.43 Å². The van der Waals surface area contributed by atoms with Crippen molar-refractivity contribution < 1.29 is 9.42 Å². The number of hydrogen-bond donors (Lipinski definition) is 1. The molecule has 0 radical (unpaired) electrons. The van der Waals surface area contributed by atoms with Crippen molar-refractivity contribution >= 4 is 5.69 Å². The molecule has 4 nitrogen and oxygen atoms in total. The van der Waals surface area contributed by atoms with Crippen molar-refractivity contribution in [3.8, 4) is 0 Å². The Morgan fingerprint density at radius 2 is 1.91 bits per heavy atom. The van der Waals surface area contributed by atoms with Gasteiger partial charge in [-0.15, -0.1) is 5.43 Å². The quantitative estimate of drug-likeness (QED) is 0.520. The number of hydrazine groups is 1. The SMILES string of the molecule is O=[N+]([O-])Nc1ccc(F)cc1. The average Bonchev–Trinajstić information content (AvgIpc) is 1.93. The summed E-state index contributed by atoms with van der Waals surface area (Å²) in [6, 6.07) is 4.87. The molecule has 0 spiro atoms. The van der Waals surface area contributed by atoms with Gasteiger partial charge in [0.25, 0.3) is 0 Å². The molecule has 1 aromatic carbocycles. The molecule has 11 heavy (non-hydrogen) atoms. The lowest BCUT2D eigenvalue weighted by atomic mass is 10.3. The van der Waals surface area contributed by atoms with Crippen LogP contribution in [0.25, 0.3) is 0 Å². The van der Waals surface area contributed by atoms with E-state index in [0.717, 1.165) is 12.1 Å². The van der Waals surface area contributed by atoms with Crippen LogP contribution in [0.5, 0.6) is 0 Å². The first-order valence-electron chi connectivity index (χ1n) is 2.85. The molecule has 5 heteroatoms. The zero-order chi connectivity index (χ0) is 8.27. The second-order valence-corrected chi connectivity index (χ2v) is 1.88. The number of nitrogens with zero attached hydrogens (tertiary/aromatic N) is 1. The van der Waals surface area contributed by atoms with Gasteiger partial charge in [-0.1, -0.05) is 0 Å². The third-order valence-corrected chi connectivity index (χ3v) is 1.06. The van der Waals surface area contributed by atoms with Crippen molar-refractivity contribution in [3.05, 3.63) is 40.2 Å². The lowest BCUT2D eigenvalue weighted by Gasteiger charge is -1.94. The van der Waals surface area contributed by atoms with Crippen molar-refractivity contribution in [2.75, 3.05) is 5.43 Å². The van der Waals surface area contributed by atoms with Gasteiger partial charge in [0, 0.05) is 0 Å². The van der Waals surface area contributed by atoms with Gasteiger partial charge in [0.05, 0.1) is 0 Å². The molecule has 0 aliphatic heterocycles. The number of rotatable bonds is 2. The molecule has 0 amide bonds. The van der Waals surface area contributed by atoms with Gasteiger partial charge in [0.15, 0.2) is 5.03 Å². The Kier molecular flexibility index (Phi) is 2.00. The minimum absolute atomic E-state index is 0.261. The van der Waals surface area contributed by atoms with Crippen molar-refractivity contribution in [1.82, 2.24) is 0 Å². The molecule has 0 atom stereocenters. The number of anilines is 1. The highest BCUT2D eigenvalue weighted by Crippen LogP contribution is 2.07. The summed E-state index contributed by atoms with van der Waals surface area (Å²) in [6.07, 6.45) is 0. The maximum atomic E-state index is 12.2. The standard InChI is InChI=1S/C6H5FN2O2/c7-5-1-3-6(4-2-5)8-9(10)11/h1-4,8H. The monoisotopic (exact) mass is 156 g/mol. The van der Waals surface area contributed by atoms with Crippen LogP contribution < -0.4 is 5.43 Å². The Bertz CT molecular complexity index is 260. The Labute approximate surface area is 61.8 Å². The lowest BCUT2D eigenvalue weighted by Crippen LogP contribution is -2.07. The number of halogens is 1. The van der Waals surface area contributed by atoms with E-state index in [2.05, 4.69) is 0 Å². The highest BCUT2D eigenvalue weighted by molar-refractivity contribution is 5.40. The summed E-state index contributed by atoms with van der Waals surface area (Å²) in [5, 5.41) is 9.15. The maximum absolute atomic E-state index is 12.2. The van der Waals surface area contributed by atoms with Gasteiger partial charge in [0.2, 0.25) is 0 Å². The lowest BCUT2D eigenvalue weighted by molar-refractivity contribution is -0.445. The molecule has 0 aliphatic rings. The maximum Gasteiger partial charge on any atom is 0.162 e. The van der Waals surface area contributed by atoms with Crippen LogP contribution in [0.1, 0.15) is 0 Å². The van der Waals surface area contributed by atoms with E-state index in [4.69, 9.17) is 0 Å². The summed E-state index contributed by atoms with van der Waals surface area (Å²) in [6.45, 7) is 0. The van der Waals surface area contributed by atoms with Crippen molar-refractivity contribution in [1.29, 1.82) is 0 Å². The first-order valence-corrected chi connectivity index (χ1v) is 2.85. The molecule has 1 N–H and O–H groups in total. The first-order chi connectivity index (χ1) is 5.18. The van der Waals surface area contributed by atoms with E-state index in [-0.39, 0.29) is 5.69 Å². The summed E-state index contributed by atoms with van der Waals surface area (Å²) in [7, 11) is 0. The molecular weight excluding hydrogens is 151 g/mol. The molecule has 0 saturated carbocycles. The fraction of sp³-hybridized carbons (Fsp3) is 0. The molecule has 0 unspecified atom stereocenters. The summed E-state index contributed by atoms with van der Waals surface area (Å²) in [5.74, 6) is -0.418. The Balaban J connectivity index is 2.74. The minimum atomic E-state index is -0.701. The van der Waals surface area contributed by atoms with Crippen LogP contribution in [0.15, 0.2) is 24.3 Å². The van der Waals surface area contributed by atoms with Gasteiger partial charge in [-0.2, -0.15) is 0 Å². The largest absolute Gasteiger partial charge is 0.235 e. The molecule has 0 heterocycles. The van der Waals surface area contributed by atoms with E-state index in [1.54, 1.807) is 0 Å². The molecule has 0 saturated heterocycles. The summed E-state index contributed by atoms with van der Waals surface area (Å²) in [5.41, 5.74) is 2.15. The van der Waals surface area contributed by atoms with E-state index in [9.17, 15) is 14.5 Å². The number of nitro groups is 1. The molecule has 58 valence electrons. The smallest absolute Gasteiger partial charge is 0.162 e. The number of nitrogens with one attached hydrogen (secondary N) is 1. The van der Waals surface area contributed by atoms with Crippen molar-refractivity contribution in [2.24, 2.45) is 0 Å². The second-order valence-electron chi connectivity index (χ2n) is 1.88. The highest BCUT2D eigenvalue weighted by atomic mass is 19.1. The zero-order valence-corrected chi connectivity index (χ0v) is 5.45. The van der Waals surface area contributed by atoms with E-state index in [1.165, 1.54) is 12.1 Å². The van der Waals surface area contributed by atoms with E-state index >= 15 is 0 Å². The van der Waals surface area contributed by atoms with Gasteiger partial charge < -0.3 is 0 Å². The number of benzene rings is 1. The molecule has 0 bridgehead atoms. The van der Waals surface area contributed by atoms with Gasteiger partial charge in [-0.05, 0) is 24.3 Å². The van der Waals surface area contributed by atoms with Crippen LogP contribution in [0.3, 0.4) is 0 Å². The summed E-state index contributed by atoms with van der Waals surface area (Å²) < 4.78 is 12.2. The van der Waals surface area contributed by atoms with Crippen LogP contribution in [0.2, 0.25) is 0 Å². The predicted octanol–water partition coefficient (Wildman–Crippen LogP) is 1.43. The molecule has 0 aliphatic carbocycles. The van der Waals surface area contributed by atoms with Crippen LogP contribution in [-0.4, -0.2) is 5.03 Å². The Morgan fingerprint density at radius 3 is 2.36 bits per heavy atom. The normalized spacial score (nSPS) is 9.18. The number of hydrogen-bond acceptors (Lipinski definition) is 2. The Hall–Kier alpha value is -1.65. The van der Waals surface area contributed by atoms with Crippen LogP contribution in [0.4, 0.5) is 10.1 Å². The van der Waals surface area contributed by atoms with Crippen molar-refractivity contribution in [3.63, 3.8) is 0 Å². The van der Waals surface area contributed by atoms with Gasteiger partial charge in [0.1, 0.15) is 11.5 Å². The van der Waals surface area contributed by atoms with E-state index < -0.39 is 10.8 Å². The third-order valence-electron chi connectivity index (χ3n) is 1.06. The van der Waals surface area contributed by atoms with Crippen LogP contribution >= 0.6 is 0 Å². The molecule has 1 aromatic rings. The fourth-order valence-corrected chi connectivity index (χ4v) is 0.630. The summed E-state index contributed by atoms with van der Waals surface area (Å²) >= 11 is 0. The third kappa shape index (κ3) is 2.21. The van der Waals surface area contributed by atoms with Crippen LogP contribution in [-0.2, 0) is 0 Å². The molecule has 0 fully saturated rings.